The summed E-state index contributed by atoms with van der Waals surface area (Å²) in [7, 11) is -2.47. The zero-order valence-electron chi connectivity index (χ0n) is 10.8. The van der Waals surface area contributed by atoms with Crippen molar-refractivity contribution in [2.24, 2.45) is 0 Å². The third kappa shape index (κ3) is 3.90. The van der Waals surface area contributed by atoms with Gasteiger partial charge < -0.3 is 5.32 Å². The van der Waals surface area contributed by atoms with Gasteiger partial charge in [-0.05, 0) is 19.5 Å². The highest BCUT2D eigenvalue weighted by atomic mass is 32.2. The SMILES string of the molecule is CCCCNc1ccc([N+](=O)[O-])cc1S(=O)(=O)NC. The molecule has 8 heteroatoms. The molecule has 0 fully saturated rings. The number of nitro groups is 1. The Hall–Kier alpha value is -1.67. The van der Waals surface area contributed by atoms with E-state index in [0.29, 0.717) is 12.2 Å². The molecule has 1 aromatic carbocycles. The lowest BCUT2D eigenvalue weighted by atomic mass is 10.2. The number of hydrogen-bond donors (Lipinski definition) is 2. The van der Waals surface area contributed by atoms with E-state index in [1.165, 1.54) is 19.2 Å². The lowest BCUT2D eigenvalue weighted by molar-refractivity contribution is -0.385. The largest absolute Gasteiger partial charge is 0.384 e. The van der Waals surface area contributed by atoms with Gasteiger partial charge in [0.2, 0.25) is 10.0 Å². The summed E-state index contributed by atoms with van der Waals surface area (Å²) in [5.41, 5.74) is 0.114. The van der Waals surface area contributed by atoms with Crippen LogP contribution < -0.4 is 10.0 Å². The van der Waals surface area contributed by atoms with Gasteiger partial charge in [-0.15, -0.1) is 0 Å². The fraction of sp³-hybridized carbons (Fsp3) is 0.455. The molecule has 0 amide bonds. The van der Waals surface area contributed by atoms with Crippen molar-refractivity contribution in [2.75, 3.05) is 18.9 Å². The van der Waals surface area contributed by atoms with Crippen LogP contribution in [-0.2, 0) is 10.0 Å². The molecule has 0 aliphatic carbocycles. The minimum absolute atomic E-state index is 0.111. The van der Waals surface area contributed by atoms with Gasteiger partial charge in [-0.1, -0.05) is 13.3 Å². The molecule has 0 atom stereocenters. The quantitative estimate of drug-likeness (QED) is 0.451. The summed E-state index contributed by atoms with van der Waals surface area (Å²) in [5, 5.41) is 13.7. The van der Waals surface area contributed by atoms with Gasteiger partial charge in [0.15, 0.2) is 0 Å². The van der Waals surface area contributed by atoms with E-state index in [9.17, 15) is 18.5 Å². The topological polar surface area (TPSA) is 101 Å². The van der Waals surface area contributed by atoms with Crippen LogP contribution in [0.3, 0.4) is 0 Å². The number of nitrogens with one attached hydrogen (secondary N) is 2. The Morgan fingerprint density at radius 1 is 1.37 bits per heavy atom. The molecule has 106 valence electrons. The Labute approximate surface area is 112 Å². The summed E-state index contributed by atoms with van der Waals surface area (Å²) in [4.78, 5) is 9.98. The fourth-order valence-electron chi connectivity index (χ4n) is 1.50. The van der Waals surface area contributed by atoms with Gasteiger partial charge in [-0.2, -0.15) is 0 Å². The van der Waals surface area contributed by atoms with Crippen LogP contribution in [0.2, 0.25) is 0 Å². The van der Waals surface area contributed by atoms with Gasteiger partial charge in [-0.25, -0.2) is 13.1 Å². The Kier molecular flexibility index (Phi) is 5.25. The molecule has 0 unspecified atom stereocenters. The maximum atomic E-state index is 11.9. The third-order valence-electron chi connectivity index (χ3n) is 2.58. The van der Waals surface area contributed by atoms with Gasteiger partial charge in [0.1, 0.15) is 4.90 Å². The lowest BCUT2D eigenvalue weighted by Crippen LogP contribution is -2.20. The fourth-order valence-corrected chi connectivity index (χ4v) is 2.43. The predicted molar refractivity (Wildman–Crippen MR) is 72.7 cm³/mol. The van der Waals surface area contributed by atoms with Crippen LogP contribution in [0.25, 0.3) is 0 Å². The molecule has 0 aliphatic heterocycles. The van der Waals surface area contributed by atoms with Crippen molar-refractivity contribution in [2.45, 2.75) is 24.7 Å². The highest BCUT2D eigenvalue weighted by molar-refractivity contribution is 7.89. The molecule has 0 aliphatic rings. The summed E-state index contributed by atoms with van der Waals surface area (Å²) < 4.78 is 25.9. The van der Waals surface area contributed by atoms with E-state index in [1.807, 2.05) is 6.92 Å². The molecule has 0 radical (unpaired) electrons. The van der Waals surface area contributed by atoms with E-state index >= 15 is 0 Å². The van der Waals surface area contributed by atoms with Crippen molar-refractivity contribution in [1.29, 1.82) is 0 Å². The molecule has 7 nitrogen and oxygen atoms in total. The second-order valence-corrected chi connectivity index (χ2v) is 5.78. The summed E-state index contributed by atoms with van der Waals surface area (Å²) >= 11 is 0. The molecule has 0 bridgehead atoms. The maximum absolute atomic E-state index is 11.9. The molecule has 1 rings (SSSR count). The zero-order chi connectivity index (χ0) is 14.5. The molecule has 1 aromatic rings. The van der Waals surface area contributed by atoms with Gasteiger partial charge in [0, 0.05) is 18.7 Å². The average molecular weight is 287 g/mol. The highest BCUT2D eigenvalue weighted by Gasteiger charge is 2.20. The second-order valence-electron chi connectivity index (χ2n) is 3.93. The van der Waals surface area contributed by atoms with Crippen molar-refractivity contribution >= 4 is 21.4 Å². The Bertz CT molecular complexity index is 557. The number of rotatable bonds is 7. The third-order valence-corrected chi connectivity index (χ3v) is 4.03. The summed E-state index contributed by atoms with van der Waals surface area (Å²) in [6.45, 7) is 2.63. The van der Waals surface area contributed by atoms with Crippen LogP contribution in [0, 0.1) is 10.1 Å². The average Bonchev–Trinajstić information content (AvgIpc) is 2.39. The van der Waals surface area contributed by atoms with Gasteiger partial charge in [0.25, 0.3) is 5.69 Å². The standard InChI is InChI=1S/C11H17N3O4S/c1-3-4-7-13-10-6-5-9(14(15)16)8-11(10)19(17,18)12-2/h5-6,8,12-13H,3-4,7H2,1-2H3. The van der Waals surface area contributed by atoms with Crippen LogP contribution in [0.15, 0.2) is 23.1 Å². The van der Waals surface area contributed by atoms with Crippen LogP contribution in [-0.4, -0.2) is 26.9 Å². The van der Waals surface area contributed by atoms with Crippen LogP contribution in [0.1, 0.15) is 19.8 Å². The van der Waals surface area contributed by atoms with Gasteiger partial charge in [-0.3, -0.25) is 10.1 Å². The number of non-ortho nitro benzene ring substituents is 1. The molecule has 0 saturated heterocycles. The number of hydrogen-bond acceptors (Lipinski definition) is 5. The molecule has 2 N–H and O–H groups in total. The lowest BCUT2D eigenvalue weighted by Gasteiger charge is -2.11. The summed E-state index contributed by atoms with van der Waals surface area (Å²) in [5.74, 6) is 0. The predicted octanol–water partition coefficient (Wildman–Crippen LogP) is 1.71. The smallest absolute Gasteiger partial charge is 0.270 e. The van der Waals surface area contributed by atoms with E-state index in [2.05, 4.69) is 10.0 Å². The Balaban J connectivity index is 3.19. The minimum atomic E-state index is -3.74. The maximum Gasteiger partial charge on any atom is 0.270 e. The van der Waals surface area contributed by atoms with E-state index in [-0.39, 0.29) is 10.6 Å². The van der Waals surface area contributed by atoms with Crippen molar-refractivity contribution < 1.29 is 13.3 Å². The van der Waals surface area contributed by atoms with Gasteiger partial charge >= 0.3 is 0 Å². The summed E-state index contributed by atoms with van der Waals surface area (Å²) in [6, 6.07) is 3.75. The van der Waals surface area contributed by atoms with E-state index in [0.717, 1.165) is 18.9 Å². The first-order valence-corrected chi connectivity index (χ1v) is 7.36. The Morgan fingerprint density at radius 2 is 2.05 bits per heavy atom. The Morgan fingerprint density at radius 3 is 2.58 bits per heavy atom. The number of anilines is 1. The van der Waals surface area contributed by atoms with Crippen molar-refractivity contribution in [3.05, 3.63) is 28.3 Å². The van der Waals surface area contributed by atoms with Crippen molar-refractivity contribution in [3.8, 4) is 0 Å². The van der Waals surface area contributed by atoms with Crippen LogP contribution >= 0.6 is 0 Å². The zero-order valence-corrected chi connectivity index (χ0v) is 11.7. The summed E-state index contributed by atoms with van der Waals surface area (Å²) in [6.07, 6.45) is 1.85. The van der Waals surface area contributed by atoms with E-state index < -0.39 is 14.9 Å². The molecule has 19 heavy (non-hydrogen) atoms. The number of nitrogens with zero attached hydrogens (tertiary/aromatic N) is 1. The number of unbranched alkanes of at least 4 members (excludes halogenated alkanes) is 1. The first kappa shape index (κ1) is 15.4. The molecular formula is C11H17N3O4S. The monoisotopic (exact) mass is 287 g/mol. The van der Waals surface area contributed by atoms with E-state index in [4.69, 9.17) is 0 Å². The normalized spacial score (nSPS) is 11.3. The molecule has 0 aromatic heterocycles. The number of sulfonamides is 1. The van der Waals surface area contributed by atoms with Crippen molar-refractivity contribution in [1.82, 2.24) is 4.72 Å². The number of nitro benzene ring substituents is 1. The van der Waals surface area contributed by atoms with Crippen LogP contribution in [0.5, 0.6) is 0 Å². The highest BCUT2D eigenvalue weighted by Crippen LogP contribution is 2.26. The minimum Gasteiger partial charge on any atom is -0.384 e. The first-order chi connectivity index (χ1) is 8.92. The number of benzene rings is 1. The van der Waals surface area contributed by atoms with Crippen LogP contribution in [0.4, 0.5) is 11.4 Å². The van der Waals surface area contributed by atoms with E-state index in [1.54, 1.807) is 0 Å². The van der Waals surface area contributed by atoms with Gasteiger partial charge in [0.05, 0.1) is 10.6 Å². The molecule has 0 spiro atoms. The second kappa shape index (κ2) is 6.48. The van der Waals surface area contributed by atoms with Crippen molar-refractivity contribution in [3.63, 3.8) is 0 Å². The molecule has 0 saturated carbocycles. The first-order valence-electron chi connectivity index (χ1n) is 5.88. The molecular weight excluding hydrogens is 270 g/mol. The molecule has 0 heterocycles.